The van der Waals surface area contributed by atoms with Crippen LogP contribution in [0.3, 0.4) is 0 Å². The number of carbonyl (C=O) groups is 2. The molecule has 2 aromatic rings. The van der Waals surface area contributed by atoms with Gasteiger partial charge in [0, 0.05) is 17.8 Å². The fraction of sp³-hybridized carbons (Fsp3) is 0.417. The zero-order chi connectivity index (χ0) is 21.8. The van der Waals surface area contributed by atoms with Gasteiger partial charge >= 0.3 is 6.03 Å². The summed E-state index contributed by atoms with van der Waals surface area (Å²) < 4.78 is 0. The zero-order valence-electron chi connectivity index (χ0n) is 17.9. The third kappa shape index (κ3) is 4.29. The predicted octanol–water partition coefficient (Wildman–Crippen LogP) is 3.12. The standard InChI is InChI=1S/C24H30N4O3/c1-18-12-16-27(17-13-18)15-7-14-25-22(29)24(31)20-10-5-6-11-21(20)26-23(30)28(24)19-8-3-2-4-9-19/h2-6,8-11,18,31H,7,12-17H2,1H3,(H,25,29)(H,26,30). The van der Waals surface area contributed by atoms with E-state index in [-0.39, 0.29) is 0 Å². The van der Waals surface area contributed by atoms with Crippen LogP contribution in [0.1, 0.15) is 31.7 Å². The van der Waals surface area contributed by atoms with Crippen LogP contribution in [-0.4, -0.2) is 48.1 Å². The minimum atomic E-state index is -2.14. The van der Waals surface area contributed by atoms with E-state index in [0.717, 1.165) is 36.9 Å². The molecule has 2 aromatic carbocycles. The van der Waals surface area contributed by atoms with Gasteiger partial charge in [-0.05, 0) is 63.0 Å². The Bertz CT molecular complexity index is 927. The second-order valence-corrected chi connectivity index (χ2v) is 8.45. The molecule has 31 heavy (non-hydrogen) atoms. The van der Waals surface area contributed by atoms with Crippen molar-refractivity contribution < 1.29 is 14.7 Å². The lowest BCUT2D eigenvalue weighted by molar-refractivity contribution is -0.140. The van der Waals surface area contributed by atoms with Crippen LogP contribution in [0.25, 0.3) is 0 Å². The van der Waals surface area contributed by atoms with Gasteiger partial charge in [-0.25, -0.2) is 4.79 Å². The first kappa shape index (κ1) is 21.3. The van der Waals surface area contributed by atoms with Gasteiger partial charge in [0.15, 0.2) is 0 Å². The predicted molar refractivity (Wildman–Crippen MR) is 121 cm³/mol. The first-order valence-corrected chi connectivity index (χ1v) is 11.0. The Kier molecular flexibility index (Phi) is 6.25. The van der Waals surface area contributed by atoms with Crippen LogP contribution in [-0.2, 0) is 10.5 Å². The third-order valence-electron chi connectivity index (χ3n) is 6.21. The van der Waals surface area contributed by atoms with E-state index in [9.17, 15) is 14.7 Å². The van der Waals surface area contributed by atoms with Crippen LogP contribution in [0.2, 0.25) is 0 Å². The molecule has 1 unspecified atom stereocenters. The smallest absolute Gasteiger partial charge is 0.329 e. The van der Waals surface area contributed by atoms with Gasteiger partial charge in [0.2, 0.25) is 0 Å². The Balaban J connectivity index is 1.51. The lowest BCUT2D eigenvalue weighted by Crippen LogP contribution is -2.62. The van der Waals surface area contributed by atoms with Crippen molar-refractivity contribution in [2.75, 3.05) is 36.4 Å². The highest BCUT2D eigenvalue weighted by atomic mass is 16.3. The number of hydrogen-bond acceptors (Lipinski definition) is 4. The molecule has 0 radical (unpaired) electrons. The monoisotopic (exact) mass is 422 g/mol. The Morgan fingerprint density at radius 3 is 2.55 bits per heavy atom. The minimum absolute atomic E-state index is 0.348. The molecule has 0 bridgehead atoms. The minimum Gasteiger partial charge on any atom is -0.359 e. The van der Waals surface area contributed by atoms with Gasteiger partial charge < -0.3 is 20.6 Å². The first-order chi connectivity index (χ1) is 15.0. The number of aliphatic hydroxyl groups is 1. The van der Waals surface area contributed by atoms with Crippen molar-refractivity contribution in [1.82, 2.24) is 10.2 Å². The molecule has 4 rings (SSSR count). The van der Waals surface area contributed by atoms with Crippen molar-refractivity contribution >= 4 is 23.3 Å². The molecule has 1 saturated heterocycles. The molecule has 2 aliphatic rings. The summed E-state index contributed by atoms with van der Waals surface area (Å²) >= 11 is 0. The van der Waals surface area contributed by atoms with Crippen LogP contribution >= 0.6 is 0 Å². The summed E-state index contributed by atoms with van der Waals surface area (Å²) in [6, 6.07) is 15.0. The molecule has 0 saturated carbocycles. The molecule has 3 N–H and O–H groups in total. The Morgan fingerprint density at radius 1 is 1.13 bits per heavy atom. The number of carbonyl (C=O) groups excluding carboxylic acids is 2. The largest absolute Gasteiger partial charge is 0.359 e. The normalized spacial score (nSPS) is 22.0. The van der Waals surface area contributed by atoms with Crippen molar-refractivity contribution in [2.45, 2.75) is 31.9 Å². The van der Waals surface area contributed by atoms with E-state index < -0.39 is 17.7 Å². The van der Waals surface area contributed by atoms with E-state index in [2.05, 4.69) is 22.5 Å². The lowest BCUT2D eigenvalue weighted by Gasteiger charge is -2.42. The van der Waals surface area contributed by atoms with E-state index in [4.69, 9.17) is 0 Å². The fourth-order valence-corrected chi connectivity index (χ4v) is 4.35. The van der Waals surface area contributed by atoms with Crippen LogP contribution in [0.5, 0.6) is 0 Å². The SMILES string of the molecule is CC1CCN(CCCNC(=O)C2(O)c3ccccc3NC(=O)N2c2ccccc2)CC1. The van der Waals surface area contributed by atoms with E-state index >= 15 is 0 Å². The quantitative estimate of drug-likeness (QED) is 0.625. The molecule has 2 aliphatic heterocycles. The third-order valence-corrected chi connectivity index (χ3v) is 6.21. The highest BCUT2D eigenvalue weighted by Crippen LogP contribution is 2.39. The molecule has 7 heteroatoms. The number of rotatable bonds is 6. The topological polar surface area (TPSA) is 84.9 Å². The van der Waals surface area contributed by atoms with E-state index in [0.29, 0.717) is 23.5 Å². The second kappa shape index (κ2) is 9.08. The van der Waals surface area contributed by atoms with E-state index in [1.54, 1.807) is 48.5 Å². The average molecular weight is 423 g/mol. The molecular weight excluding hydrogens is 392 g/mol. The number of para-hydroxylation sites is 2. The van der Waals surface area contributed by atoms with Gasteiger partial charge in [-0.3, -0.25) is 9.69 Å². The summed E-state index contributed by atoms with van der Waals surface area (Å²) in [5.74, 6) is 0.178. The number of benzene rings is 2. The molecule has 1 atom stereocenters. The van der Waals surface area contributed by atoms with Crippen molar-refractivity contribution in [3.8, 4) is 0 Å². The van der Waals surface area contributed by atoms with E-state index in [1.165, 1.54) is 12.8 Å². The van der Waals surface area contributed by atoms with Gasteiger partial charge in [0.05, 0.1) is 5.69 Å². The second-order valence-electron chi connectivity index (χ2n) is 8.45. The fourth-order valence-electron chi connectivity index (χ4n) is 4.35. The van der Waals surface area contributed by atoms with E-state index in [1.807, 2.05) is 6.07 Å². The number of piperidine rings is 1. The van der Waals surface area contributed by atoms with Crippen molar-refractivity contribution in [1.29, 1.82) is 0 Å². The number of urea groups is 1. The Labute approximate surface area is 183 Å². The molecule has 164 valence electrons. The number of likely N-dealkylation sites (tertiary alicyclic amines) is 1. The Morgan fingerprint density at radius 2 is 1.81 bits per heavy atom. The summed E-state index contributed by atoms with van der Waals surface area (Å²) in [6.07, 6.45) is 3.21. The van der Waals surface area contributed by atoms with Gasteiger partial charge in [0.1, 0.15) is 0 Å². The van der Waals surface area contributed by atoms with Crippen LogP contribution in [0.4, 0.5) is 16.2 Å². The lowest BCUT2D eigenvalue weighted by atomic mass is 9.94. The summed E-state index contributed by atoms with van der Waals surface area (Å²) in [5, 5.41) is 17.3. The Hall–Kier alpha value is -2.90. The molecular formula is C24H30N4O3. The van der Waals surface area contributed by atoms with Crippen molar-refractivity contribution in [3.63, 3.8) is 0 Å². The highest BCUT2D eigenvalue weighted by Gasteiger charge is 2.51. The maximum Gasteiger partial charge on any atom is 0.329 e. The number of amides is 3. The summed E-state index contributed by atoms with van der Waals surface area (Å²) in [7, 11) is 0. The molecule has 0 spiro atoms. The number of fused-ring (bicyclic) bond motifs is 1. The summed E-state index contributed by atoms with van der Waals surface area (Å²) in [5.41, 5.74) is -0.920. The molecule has 7 nitrogen and oxygen atoms in total. The molecule has 1 fully saturated rings. The first-order valence-electron chi connectivity index (χ1n) is 11.0. The molecule has 0 aliphatic carbocycles. The average Bonchev–Trinajstić information content (AvgIpc) is 2.78. The van der Waals surface area contributed by atoms with Crippen LogP contribution in [0.15, 0.2) is 54.6 Å². The van der Waals surface area contributed by atoms with Gasteiger partial charge in [-0.2, -0.15) is 0 Å². The highest BCUT2D eigenvalue weighted by molar-refractivity contribution is 6.11. The summed E-state index contributed by atoms with van der Waals surface area (Å²) in [4.78, 5) is 29.8. The van der Waals surface area contributed by atoms with Crippen LogP contribution < -0.4 is 15.5 Å². The number of anilines is 2. The van der Waals surface area contributed by atoms with Crippen molar-refractivity contribution in [2.24, 2.45) is 5.92 Å². The van der Waals surface area contributed by atoms with Gasteiger partial charge in [0.25, 0.3) is 11.6 Å². The number of nitrogens with zero attached hydrogens (tertiary/aromatic N) is 2. The van der Waals surface area contributed by atoms with Crippen LogP contribution in [0, 0.1) is 5.92 Å². The maximum absolute atomic E-state index is 13.3. The maximum atomic E-state index is 13.3. The summed E-state index contributed by atoms with van der Waals surface area (Å²) in [6.45, 7) is 5.81. The number of hydrogen-bond donors (Lipinski definition) is 3. The van der Waals surface area contributed by atoms with Gasteiger partial charge in [-0.15, -0.1) is 0 Å². The zero-order valence-corrected chi connectivity index (χ0v) is 17.9. The molecule has 3 amide bonds. The number of nitrogens with one attached hydrogen (secondary N) is 2. The van der Waals surface area contributed by atoms with Crippen molar-refractivity contribution in [3.05, 3.63) is 60.2 Å². The molecule has 2 heterocycles. The van der Waals surface area contributed by atoms with Gasteiger partial charge in [-0.1, -0.05) is 43.3 Å². The molecule has 0 aromatic heterocycles.